The van der Waals surface area contributed by atoms with Crippen molar-refractivity contribution in [3.8, 4) is 0 Å². The Kier molecular flexibility index (Phi) is 7.10. The van der Waals surface area contributed by atoms with Crippen LogP contribution in [0.1, 0.15) is 49.0 Å². The number of rotatable bonds is 7. The van der Waals surface area contributed by atoms with E-state index in [4.69, 9.17) is 0 Å². The van der Waals surface area contributed by atoms with Gasteiger partial charge in [-0.25, -0.2) is 4.98 Å². The molecular formula is C21H31N5S. The lowest BCUT2D eigenvalue weighted by Crippen LogP contribution is -2.39. The summed E-state index contributed by atoms with van der Waals surface area (Å²) in [5.41, 5.74) is 3.78. The average molecular weight is 386 g/mol. The Morgan fingerprint density at radius 2 is 2.15 bits per heavy atom. The smallest absolute Gasteiger partial charge is 0.191 e. The van der Waals surface area contributed by atoms with Crippen LogP contribution >= 0.6 is 11.3 Å². The molecule has 1 aromatic heterocycles. The molecule has 1 fully saturated rings. The molecule has 1 aliphatic heterocycles. The monoisotopic (exact) mass is 385 g/mol. The number of anilines is 1. The molecule has 146 valence electrons. The molecule has 0 amide bonds. The van der Waals surface area contributed by atoms with Crippen LogP contribution in [0.5, 0.6) is 0 Å². The Bertz CT molecular complexity index is 749. The average Bonchev–Trinajstić information content (AvgIpc) is 3.39. The lowest BCUT2D eigenvalue weighted by molar-refractivity contribution is 0.682. The van der Waals surface area contributed by atoms with Crippen LogP contribution in [0.4, 0.5) is 5.69 Å². The van der Waals surface area contributed by atoms with Crippen LogP contribution in [0.3, 0.4) is 0 Å². The van der Waals surface area contributed by atoms with Crippen molar-refractivity contribution < 1.29 is 0 Å². The number of aryl methyl sites for hydroxylation is 1. The molecule has 0 aliphatic carbocycles. The third kappa shape index (κ3) is 5.45. The van der Waals surface area contributed by atoms with Crippen LogP contribution < -0.4 is 15.5 Å². The topological polar surface area (TPSA) is 52.6 Å². The molecule has 0 radical (unpaired) electrons. The third-order valence-corrected chi connectivity index (χ3v) is 6.04. The summed E-state index contributed by atoms with van der Waals surface area (Å²) in [6.45, 7) is 7.50. The zero-order chi connectivity index (χ0) is 19.1. The Hall–Kier alpha value is -2.08. The highest BCUT2D eigenvalue weighted by Crippen LogP contribution is 2.23. The standard InChI is InChI=1S/C21H31N5S/c1-4-20-25-18(15-27-20)10-11-23-21(22-3)24-16(2)17-8-7-9-19(14-17)26-12-5-6-13-26/h7-9,14-16H,4-6,10-13H2,1-3H3,(H2,22,23,24). The van der Waals surface area contributed by atoms with E-state index in [1.54, 1.807) is 11.3 Å². The maximum atomic E-state index is 4.62. The Morgan fingerprint density at radius 1 is 1.33 bits per heavy atom. The molecule has 2 heterocycles. The van der Waals surface area contributed by atoms with Crippen molar-refractivity contribution in [3.63, 3.8) is 0 Å². The second-order valence-electron chi connectivity index (χ2n) is 6.99. The summed E-state index contributed by atoms with van der Waals surface area (Å²) in [4.78, 5) is 11.5. The summed E-state index contributed by atoms with van der Waals surface area (Å²) in [5.74, 6) is 0.833. The van der Waals surface area contributed by atoms with E-state index in [1.165, 1.54) is 42.2 Å². The summed E-state index contributed by atoms with van der Waals surface area (Å²) in [7, 11) is 1.82. The molecule has 2 N–H and O–H groups in total. The summed E-state index contributed by atoms with van der Waals surface area (Å²) in [6, 6.07) is 9.06. The molecule has 1 atom stereocenters. The van der Waals surface area contributed by atoms with Crippen molar-refractivity contribution in [1.82, 2.24) is 15.6 Å². The Labute approximate surface area is 166 Å². The molecule has 6 heteroatoms. The molecule has 0 spiro atoms. The number of aromatic nitrogens is 1. The van der Waals surface area contributed by atoms with Gasteiger partial charge >= 0.3 is 0 Å². The van der Waals surface area contributed by atoms with Gasteiger partial charge in [0.1, 0.15) is 0 Å². The predicted molar refractivity (Wildman–Crippen MR) is 116 cm³/mol. The predicted octanol–water partition coefficient (Wildman–Crippen LogP) is 3.77. The first kappa shape index (κ1) is 19.7. The summed E-state index contributed by atoms with van der Waals surface area (Å²) < 4.78 is 0. The molecule has 3 rings (SSSR count). The maximum absolute atomic E-state index is 4.62. The van der Waals surface area contributed by atoms with Gasteiger partial charge in [-0.3, -0.25) is 4.99 Å². The van der Waals surface area contributed by atoms with E-state index in [9.17, 15) is 0 Å². The largest absolute Gasteiger partial charge is 0.372 e. The fourth-order valence-corrected chi connectivity index (χ4v) is 4.16. The minimum absolute atomic E-state index is 0.199. The van der Waals surface area contributed by atoms with Gasteiger partial charge in [0.25, 0.3) is 0 Å². The molecule has 0 bridgehead atoms. The highest BCUT2D eigenvalue weighted by atomic mass is 32.1. The van der Waals surface area contributed by atoms with Gasteiger partial charge in [0.2, 0.25) is 0 Å². The van der Waals surface area contributed by atoms with Gasteiger partial charge in [-0.15, -0.1) is 11.3 Å². The van der Waals surface area contributed by atoms with Crippen molar-refractivity contribution in [2.45, 2.75) is 45.6 Å². The summed E-state index contributed by atoms with van der Waals surface area (Å²) >= 11 is 1.74. The second kappa shape index (κ2) is 9.74. The first-order chi connectivity index (χ1) is 13.2. The molecule has 1 aliphatic rings. The lowest BCUT2D eigenvalue weighted by Gasteiger charge is -2.22. The molecular weight excluding hydrogens is 354 g/mol. The first-order valence-corrected chi connectivity index (χ1v) is 10.8. The number of hydrogen-bond acceptors (Lipinski definition) is 4. The number of nitrogens with zero attached hydrogens (tertiary/aromatic N) is 3. The zero-order valence-electron chi connectivity index (χ0n) is 16.7. The minimum atomic E-state index is 0.199. The van der Waals surface area contributed by atoms with Gasteiger partial charge in [0.15, 0.2) is 5.96 Å². The SMILES string of the molecule is CCc1nc(CCNC(=NC)NC(C)c2cccc(N3CCCC3)c2)cs1. The molecule has 2 aromatic rings. The number of thiazole rings is 1. The highest BCUT2D eigenvalue weighted by Gasteiger charge is 2.14. The van der Waals surface area contributed by atoms with E-state index in [-0.39, 0.29) is 6.04 Å². The van der Waals surface area contributed by atoms with Crippen LogP contribution in [0.15, 0.2) is 34.6 Å². The van der Waals surface area contributed by atoms with E-state index >= 15 is 0 Å². The Balaban J connectivity index is 1.52. The minimum Gasteiger partial charge on any atom is -0.372 e. The second-order valence-corrected chi connectivity index (χ2v) is 7.93. The number of hydrogen-bond donors (Lipinski definition) is 2. The van der Waals surface area contributed by atoms with E-state index in [0.717, 1.165) is 31.0 Å². The molecule has 0 saturated carbocycles. The third-order valence-electron chi connectivity index (χ3n) is 4.99. The quantitative estimate of drug-likeness (QED) is 0.563. The van der Waals surface area contributed by atoms with Crippen molar-refractivity contribution in [3.05, 3.63) is 45.9 Å². The molecule has 1 unspecified atom stereocenters. The van der Waals surface area contributed by atoms with Crippen LogP contribution in [0.2, 0.25) is 0 Å². The summed E-state index contributed by atoms with van der Waals surface area (Å²) in [5, 5.41) is 10.3. The van der Waals surface area contributed by atoms with Gasteiger partial charge in [-0.1, -0.05) is 19.1 Å². The molecule has 27 heavy (non-hydrogen) atoms. The normalized spacial score (nSPS) is 15.8. The number of benzene rings is 1. The van der Waals surface area contributed by atoms with Gasteiger partial charge in [-0.2, -0.15) is 0 Å². The van der Waals surface area contributed by atoms with Gasteiger partial charge < -0.3 is 15.5 Å². The fourth-order valence-electron chi connectivity index (χ4n) is 3.38. The van der Waals surface area contributed by atoms with Crippen molar-refractivity contribution >= 4 is 23.0 Å². The first-order valence-electron chi connectivity index (χ1n) is 9.95. The van der Waals surface area contributed by atoms with Crippen molar-refractivity contribution in [2.24, 2.45) is 4.99 Å². The van der Waals surface area contributed by atoms with E-state index < -0.39 is 0 Å². The highest BCUT2D eigenvalue weighted by molar-refractivity contribution is 7.09. The molecule has 5 nitrogen and oxygen atoms in total. The fraction of sp³-hybridized carbons (Fsp3) is 0.524. The number of nitrogens with one attached hydrogen (secondary N) is 2. The molecule has 1 saturated heterocycles. The lowest BCUT2D eigenvalue weighted by atomic mass is 10.1. The van der Waals surface area contributed by atoms with Gasteiger partial charge in [0.05, 0.1) is 16.7 Å². The number of guanidine groups is 1. The van der Waals surface area contributed by atoms with E-state index in [0.29, 0.717) is 0 Å². The van der Waals surface area contributed by atoms with Crippen LogP contribution in [-0.2, 0) is 12.8 Å². The van der Waals surface area contributed by atoms with Gasteiger partial charge in [0, 0.05) is 44.2 Å². The van der Waals surface area contributed by atoms with Crippen molar-refractivity contribution in [1.29, 1.82) is 0 Å². The number of aliphatic imine (C=N–C) groups is 1. The van der Waals surface area contributed by atoms with Crippen molar-refractivity contribution in [2.75, 3.05) is 31.6 Å². The summed E-state index contributed by atoms with van der Waals surface area (Å²) in [6.07, 6.45) is 4.52. The zero-order valence-corrected chi connectivity index (χ0v) is 17.5. The Morgan fingerprint density at radius 3 is 2.85 bits per heavy atom. The van der Waals surface area contributed by atoms with Crippen LogP contribution in [0.25, 0.3) is 0 Å². The maximum Gasteiger partial charge on any atom is 0.191 e. The van der Waals surface area contributed by atoms with E-state index in [1.807, 2.05) is 7.05 Å². The molecule has 1 aromatic carbocycles. The van der Waals surface area contributed by atoms with Crippen LogP contribution in [-0.4, -0.2) is 37.6 Å². The van der Waals surface area contributed by atoms with E-state index in [2.05, 4.69) is 69.0 Å². The van der Waals surface area contributed by atoms with Gasteiger partial charge in [-0.05, 0) is 43.9 Å². The van der Waals surface area contributed by atoms with Crippen LogP contribution in [0, 0.1) is 0 Å².